The number of guanidine groups is 1. The molecular weight excluding hydrogens is 408 g/mol. The zero-order chi connectivity index (χ0) is 15.8. The predicted octanol–water partition coefficient (Wildman–Crippen LogP) is 3.56. The third kappa shape index (κ3) is 6.54. The molecule has 0 aliphatic carbocycles. The molecule has 2 aromatic rings. The molecule has 0 aliphatic rings. The molecule has 0 saturated carbocycles. The molecule has 0 aromatic heterocycles. The van der Waals surface area contributed by atoms with Gasteiger partial charge in [-0.3, -0.25) is 4.99 Å². The lowest BCUT2D eigenvalue weighted by Crippen LogP contribution is -2.23. The maximum atomic E-state index is 12.8. The highest BCUT2D eigenvalue weighted by Gasteiger charge is 2.02. The molecule has 0 bridgehead atoms. The number of halogens is 2. The number of rotatable bonds is 6. The molecule has 2 rings (SSSR count). The molecule has 0 atom stereocenters. The highest BCUT2D eigenvalue weighted by molar-refractivity contribution is 14.0. The van der Waals surface area contributed by atoms with Crippen LogP contribution < -0.4 is 11.1 Å². The molecule has 0 saturated heterocycles. The van der Waals surface area contributed by atoms with Gasteiger partial charge in [-0.2, -0.15) is 0 Å². The van der Waals surface area contributed by atoms with Crippen molar-refractivity contribution in [2.24, 2.45) is 10.7 Å². The Balaban J connectivity index is 0.00000264. The monoisotopic (exact) mass is 429 g/mol. The SMILES string of the molecule is COCc1ccccc1NC(N)=NCCc1ccc(F)cc1.I. The summed E-state index contributed by atoms with van der Waals surface area (Å²) in [6, 6.07) is 14.2. The number of nitrogens with two attached hydrogens (primary N) is 1. The van der Waals surface area contributed by atoms with Crippen LogP contribution in [0, 0.1) is 5.82 Å². The van der Waals surface area contributed by atoms with Crippen LogP contribution in [0.5, 0.6) is 0 Å². The molecule has 3 N–H and O–H groups in total. The van der Waals surface area contributed by atoms with Crippen molar-refractivity contribution in [1.29, 1.82) is 0 Å². The first-order valence-corrected chi connectivity index (χ1v) is 7.07. The Kier molecular flexibility index (Phi) is 8.57. The van der Waals surface area contributed by atoms with Crippen LogP contribution in [0.4, 0.5) is 10.1 Å². The van der Waals surface area contributed by atoms with Crippen molar-refractivity contribution in [3.63, 3.8) is 0 Å². The number of para-hydroxylation sites is 1. The van der Waals surface area contributed by atoms with E-state index in [-0.39, 0.29) is 29.8 Å². The first-order chi connectivity index (χ1) is 10.7. The van der Waals surface area contributed by atoms with Crippen LogP contribution >= 0.6 is 24.0 Å². The van der Waals surface area contributed by atoms with E-state index >= 15 is 0 Å². The van der Waals surface area contributed by atoms with Crippen LogP contribution in [0.15, 0.2) is 53.5 Å². The Hall–Kier alpha value is -1.67. The van der Waals surface area contributed by atoms with Crippen LogP contribution in [0.2, 0.25) is 0 Å². The third-order valence-electron chi connectivity index (χ3n) is 3.18. The zero-order valence-electron chi connectivity index (χ0n) is 13.0. The average Bonchev–Trinajstić information content (AvgIpc) is 2.51. The summed E-state index contributed by atoms with van der Waals surface area (Å²) in [7, 11) is 1.65. The molecule has 4 nitrogen and oxygen atoms in total. The van der Waals surface area contributed by atoms with Gasteiger partial charge in [0.2, 0.25) is 0 Å². The predicted molar refractivity (Wildman–Crippen MR) is 103 cm³/mol. The Labute approximate surface area is 153 Å². The van der Waals surface area contributed by atoms with Crippen molar-refractivity contribution in [3.05, 3.63) is 65.5 Å². The maximum Gasteiger partial charge on any atom is 0.193 e. The molecule has 2 aromatic carbocycles. The van der Waals surface area contributed by atoms with Crippen LogP contribution in [0.1, 0.15) is 11.1 Å². The van der Waals surface area contributed by atoms with Gasteiger partial charge in [0.15, 0.2) is 5.96 Å². The number of aliphatic imine (C=N–C) groups is 1. The fourth-order valence-electron chi connectivity index (χ4n) is 2.06. The van der Waals surface area contributed by atoms with Crippen LogP contribution in [0.3, 0.4) is 0 Å². The Morgan fingerprint density at radius 3 is 2.57 bits per heavy atom. The Bertz CT molecular complexity index is 632. The summed E-state index contributed by atoms with van der Waals surface area (Å²) in [5.41, 5.74) is 8.82. The summed E-state index contributed by atoms with van der Waals surface area (Å²) in [4.78, 5) is 4.29. The van der Waals surface area contributed by atoms with E-state index in [2.05, 4.69) is 10.3 Å². The van der Waals surface area contributed by atoms with E-state index in [1.165, 1.54) is 12.1 Å². The molecule has 124 valence electrons. The molecule has 0 aliphatic heterocycles. The van der Waals surface area contributed by atoms with Crippen molar-refractivity contribution >= 4 is 35.6 Å². The summed E-state index contributed by atoms with van der Waals surface area (Å²) >= 11 is 0. The first kappa shape index (κ1) is 19.4. The minimum Gasteiger partial charge on any atom is -0.380 e. The van der Waals surface area contributed by atoms with Gasteiger partial charge in [-0.15, -0.1) is 24.0 Å². The number of ether oxygens (including phenoxy) is 1. The van der Waals surface area contributed by atoms with Crippen LogP contribution in [-0.2, 0) is 17.8 Å². The summed E-state index contributed by atoms with van der Waals surface area (Å²) in [6.07, 6.45) is 0.711. The maximum absolute atomic E-state index is 12.8. The lowest BCUT2D eigenvalue weighted by atomic mass is 10.1. The number of nitrogens with one attached hydrogen (secondary N) is 1. The van der Waals surface area contributed by atoms with E-state index in [0.717, 1.165) is 16.8 Å². The van der Waals surface area contributed by atoms with E-state index < -0.39 is 0 Å². The topological polar surface area (TPSA) is 59.6 Å². The van der Waals surface area contributed by atoms with Crippen molar-refractivity contribution in [2.75, 3.05) is 19.0 Å². The van der Waals surface area contributed by atoms with Gasteiger partial charge in [-0.25, -0.2) is 4.39 Å². The second kappa shape index (κ2) is 10.2. The lowest BCUT2D eigenvalue weighted by molar-refractivity contribution is 0.185. The number of nitrogens with zero attached hydrogens (tertiary/aromatic N) is 1. The molecule has 0 amide bonds. The number of methoxy groups -OCH3 is 1. The van der Waals surface area contributed by atoms with Crippen molar-refractivity contribution < 1.29 is 9.13 Å². The number of hydrogen-bond acceptors (Lipinski definition) is 2. The summed E-state index contributed by atoms with van der Waals surface area (Å²) in [5.74, 6) is 0.119. The fourth-order valence-corrected chi connectivity index (χ4v) is 2.06. The first-order valence-electron chi connectivity index (χ1n) is 7.07. The highest BCUT2D eigenvalue weighted by atomic mass is 127. The van der Waals surface area contributed by atoms with Crippen molar-refractivity contribution in [2.45, 2.75) is 13.0 Å². The summed E-state index contributed by atoms with van der Waals surface area (Å²) in [6.45, 7) is 1.04. The number of hydrogen-bond donors (Lipinski definition) is 2. The normalized spacial score (nSPS) is 11.0. The zero-order valence-corrected chi connectivity index (χ0v) is 15.3. The minimum absolute atomic E-state index is 0. The van der Waals surface area contributed by atoms with E-state index in [1.54, 1.807) is 19.2 Å². The Morgan fingerprint density at radius 1 is 1.17 bits per heavy atom. The summed E-state index contributed by atoms with van der Waals surface area (Å²) in [5, 5.41) is 3.08. The molecule has 6 heteroatoms. The highest BCUT2D eigenvalue weighted by Crippen LogP contribution is 2.15. The van der Waals surface area contributed by atoms with Gasteiger partial charge < -0.3 is 15.8 Å². The van der Waals surface area contributed by atoms with E-state index in [9.17, 15) is 4.39 Å². The summed E-state index contributed by atoms with van der Waals surface area (Å²) < 4.78 is 18.0. The molecule has 23 heavy (non-hydrogen) atoms. The quantitative estimate of drug-likeness (QED) is 0.420. The molecule has 0 spiro atoms. The molecule has 0 radical (unpaired) electrons. The molecule has 0 unspecified atom stereocenters. The average molecular weight is 429 g/mol. The largest absolute Gasteiger partial charge is 0.380 e. The number of anilines is 1. The van der Waals surface area contributed by atoms with Crippen molar-refractivity contribution in [1.82, 2.24) is 0 Å². The lowest BCUT2D eigenvalue weighted by Gasteiger charge is -2.10. The fraction of sp³-hybridized carbons (Fsp3) is 0.235. The molecular formula is C17H21FIN3O. The minimum atomic E-state index is -0.233. The van der Waals surface area contributed by atoms with E-state index in [0.29, 0.717) is 25.5 Å². The number of benzene rings is 2. The van der Waals surface area contributed by atoms with Gasteiger partial charge in [0.05, 0.1) is 6.61 Å². The third-order valence-corrected chi connectivity index (χ3v) is 3.18. The smallest absolute Gasteiger partial charge is 0.193 e. The van der Waals surface area contributed by atoms with Gasteiger partial charge in [0.1, 0.15) is 5.82 Å². The van der Waals surface area contributed by atoms with Gasteiger partial charge in [0, 0.05) is 24.9 Å². The second-order valence-electron chi connectivity index (χ2n) is 4.86. The van der Waals surface area contributed by atoms with Crippen LogP contribution in [0.25, 0.3) is 0 Å². The van der Waals surface area contributed by atoms with E-state index in [1.807, 2.05) is 24.3 Å². The molecule has 0 heterocycles. The Morgan fingerprint density at radius 2 is 1.87 bits per heavy atom. The van der Waals surface area contributed by atoms with Crippen molar-refractivity contribution in [3.8, 4) is 0 Å². The van der Waals surface area contributed by atoms with Gasteiger partial charge >= 0.3 is 0 Å². The van der Waals surface area contributed by atoms with E-state index in [4.69, 9.17) is 10.5 Å². The standard InChI is InChI=1S/C17H20FN3O.HI/c1-22-12-14-4-2-3-5-16(14)21-17(19)20-11-10-13-6-8-15(18)9-7-13;/h2-9H,10-12H2,1H3,(H3,19,20,21);1H. The van der Waals surface area contributed by atoms with Gasteiger partial charge in [-0.05, 0) is 30.2 Å². The van der Waals surface area contributed by atoms with Crippen LogP contribution in [-0.4, -0.2) is 19.6 Å². The van der Waals surface area contributed by atoms with Gasteiger partial charge in [0.25, 0.3) is 0 Å². The molecule has 0 fully saturated rings. The van der Waals surface area contributed by atoms with Gasteiger partial charge in [-0.1, -0.05) is 30.3 Å². The second-order valence-corrected chi connectivity index (χ2v) is 4.86.